The summed E-state index contributed by atoms with van der Waals surface area (Å²) < 4.78 is 28.1. The first kappa shape index (κ1) is 55.6. The van der Waals surface area contributed by atoms with Crippen molar-refractivity contribution < 1.29 is 47.7 Å². The van der Waals surface area contributed by atoms with E-state index >= 15 is 0 Å². The van der Waals surface area contributed by atoms with Crippen LogP contribution in [0.3, 0.4) is 0 Å². The fourth-order valence-electron chi connectivity index (χ4n) is 8.82. The lowest BCUT2D eigenvalue weighted by atomic mass is 10.1. The molecule has 0 aliphatic carbocycles. The van der Waals surface area contributed by atoms with Crippen LogP contribution < -0.4 is 36.5 Å². The number of benzene rings is 1. The molecule has 6 N–H and O–H groups in total. The maximum absolute atomic E-state index is 14.2. The molecule has 1 aromatic carbocycles. The molecule has 6 heterocycles. The monoisotopic (exact) mass is 1070 g/mol. The van der Waals surface area contributed by atoms with Gasteiger partial charge in [-0.25, -0.2) is 9.78 Å². The largest absolute Gasteiger partial charge is 0.493 e. The number of pyridine rings is 1. The predicted molar refractivity (Wildman–Crippen MR) is 287 cm³/mol. The van der Waals surface area contributed by atoms with E-state index in [1.807, 2.05) is 44.1 Å². The first-order valence-electron chi connectivity index (χ1n) is 24.5. The van der Waals surface area contributed by atoms with E-state index in [1.165, 1.54) is 34.8 Å². The second-order valence-electron chi connectivity index (χ2n) is 18.6. The molecule has 1 unspecified atom stereocenters. The Bertz CT molecular complexity index is 2830. The Morgan fingerprint density at radius 2 is 1.48 bits per heavy atom. The van der Waals surface area contributed by atoms with E-state index in [0.717, 1.165) is 18.0 Å². The molecule has 75 heavy (non-hydrogen) atoms. The van der Waals surface area contributed by atoms with Gasteiger partial charge in [-0.05, 0) is 93.0 Å². The fraction of sp³-hybridized carbons (Fsp3) is 0.431. The third-order valence-electron chi connectivity index (χ3n) is 12.4. The highest BCUT2D eigenvalue weighted by molar-refractivity contribution is 8.76. The van der Waals surface area contributed by atoms with Crippen LogP contribution in [0.2, 0.25) is 0 Å². The van der Waals surface area contributed by atoms with Gasteiger partial charge in [0.1, 0.15) is 28.7 Å². The number of nitrogens with zero attached hydrogens (tertiary/aromatic N) is 7. The summed E-state index contributed by atoms with van der Waals surface area (Å²) in [5, 5.41) is 12.2. The summed E-state index contributed by atoms with van der Waals surface area (Å²) >= 11 is 0. The van der Waals surface area contributed by atoms with E-state index in [1.54, 1.807) is 93.7 Å². The summed E-state index contributed by atoms with van der Waals surface area (Å²) in [7, 11) is 13.5. The number of ether oxygens (including phenoxy) is 4. The molecule has 402 valence electrons. The number of nitrogen functional groups attached to an aromatic ring is 1. The van der Waals surface area contributed by atoms with Gasteiger partial charge in [0.25, 0.3) is 23.6 Å². The molecule has 2 fully saturated rings. The Balaban J connectivity index is 0.863. The zero-order valence-electron chi connectivity index (χ0n) is 43.3. The average molecular weight is 1070 g/mol. The number of nitrogens with two attached hydrogens (primary N) is 1. The van der Waals surface area contributed by atoms with Crippen molar-refractivity contribution in [1.82, 2.24) is 38.7 Å². The third-order valence-corrected chi connectivity index (χ3v) is 14.7. The number of amides is 6. The van der Waals surface area contributed by atoms with Gasteiger partial charge in [-0.15, -0.1) is 0 Å². The lowest BCUT2D eigenvalue weighted by Crippen LogP contribution is -2.51. The Hall–Kier alpha value is -7.15. The van der Waals surface area contributed by atoms with Crippen molar-refractivity contribution in [2.45, 2.75) is 49.9 Å². The Morgan fingerprint density at radius 3 is 2.11 bits per heavy atom. The van der Waals surface area contributed by atoms with Gasteiger partial charge in [-0.2, -0.15) is 0 Å². The molecule has 2 aliphatic heterocycles. The number of hydrogen-bond donors (Lipinski definition) is 5. The van der Waals surface area contributed by atoms with Crippen LogP contribution in [0.4, 0.5) is 27.5 Å². The fourth-order valence-corrected chi connectivity index (χ4v) is 10.5. The van der Waals surface area contributed by atoms with Crippen LogP contribution in [0.25, 0.3) is 0 Å². The molecule has 0 saturated carbocycles. The van der Waals surface area contributed by atoms with Crippen LogP contribution >= 0.6 is 21.6 Å². The number of hydrogen-bond acceptors (Lipinski definition) is 15. The lowest BCUT2D eigenvalue weighted by molar-refractivity contribution is -0.116. The maximum atomic E-state index is 14.2. The summed E-state index contributed by atoms with van der Waals surface area (Å²) in [5.41, 5.74) is 9.04. The van der Waals surface area contributed by atoms with Gasteiger partial charge in [-0.3, -0.25) is 28.9 Å². The third kappa shape index (κ3) is 14.6. The topological polar surface area (TPSA) is 251 Å². The van der Waals surface area contributed by atoms with E-state index in [9.17, 15) is 28.8 Å². The number of methoxy groups -OCH3 is 1. The van der Waals surface area contributed by atoms with Crippen LogP contribution in [0.15, 0.2) is 78.3 Å². The van der Waals surface area contributed by atoms with E-state index in [0.29, 0.717) is 73.3 Å². The minimum atomic E-state index is -0.687. The van der Waals surface area contributed by atoms with E-state index in [2.05, 4.69) is 26.3 Å². The number of rotatable bonds is 23. The standard InChI is InChI=1S/C51H66N12O10S2/c1-32-22-41(50-62(17-19-72-50)51(69)73-20-21-74-75-45-13-8-9-14-53-45)63(28-32)49(68)36-26-42(70-7)43(27-37(36)52)71-18-10-12-44(64)55-33-23-39(60(5)29-33)47(66)57-35-25-40(61(6)31-35)48(67)56-34-24-38(59(4)30-34)46(65)54-15-11-16-58(2)3/h8-9,13-14,23-27,29-32,41,50H,10-12,15-22,28,52H2,1-7H3,(H,54,65)(H,55,64)(H,56,67)(H,57,66)/t32?,41-,50-/m0/s1. The van der Waals surface area contributed by atoms with E-state index in [4.69, 9.17) is 24.7 Å². The summed E-state index contributed by atoms with van der Waals surface area (Å²) in [5.74, 6) is -0.511. The van der Waals surface area contributed by atoms with Crippen molar-refractivity contribution in [2.75, 3.05) is 94.6 Å². The number of carbonyl (C=O) groups excluding carboxylic acids is 6. The highest BCUT2D eigenvalue weighted by atomic mass is 33.1. The quantitative estimate of drug-likeness (QED) is 0.0297. The van der Waals surface area contributed by atoms with Crippen molar-refractivity contribution in [3.63, 3.8) is 0 Å². The van der Waals surface area contributed by atoms with Crippen molar-refractivity contribution in [3.8, 4) is 11.5 Å². The number of anilines is 4. The van der Waals surface area contributed by atoms with Crippen LogP contribution in [-0.2, 0) is 35.4 Å². The minimum absolute atomic E-state index is 0.0839. The molecule has 0 bridgehead atoms. The van der Waals surface area contributed by atoms with Crippen LogP contribution in [0, 0.1) is 5.92 Å². The van der Waals surface area contributed by atoms with Crippen molar-refractivity contribution in [1.29, 1.82) is 0 Å². The molecule has 5 aromatic rings. The molecule has 3 atom stereocenters. The number of aryl methyl sites for hydroxylation is 3. The molecule has 0 spiro atoms. The molecule has 0 radical (unpaired) electrons. The molecule has 22 nitrogen and oxygen atoms in total. The number of aromatic nitrogens is 4. The Morgan fingerprint density at radius 1 is 0.827 bits per heavy atom. The molecule has 7 rings (SSSR count). The lowest BCUT2D eigenvalue weighted by Gasteiger charge is -2.33. The Kier molecular flexibility index (Phi) is 19.2. The molecular weight excluding hydrogens is 1000 g/mol. The van der Waals surface area contributed by atoms with Gasteiger partial charge in [0.15, 0.2) is 17.7 Å². The van der Waals surface area contributed by atoms with Gasteiger partial charge in [0.2, 0.25) is 5.91 Å². The van der Waals surface area contributed by atoms with Crippen LogP contribution in [0.1, 0.15) is 74.4 Å². The van der Waals surface area contributed by atoms with Crippen molar-refractivity contribution >= 4 is 80.0 Å². The van der Waals surface area contributed by atoms with Crippen molar-refractivity contribution in [3.05, 3.63) is 96.0 Å². The summed E-state index contributed by atoms with van der Waals surface area (Å²) in [6, 6.07) is 13.0. The SMILES string of the molecule is COc1cc(C(=O)N2CC(C)C[C@H]2[C@@H]2OCCN2C(=O)OCCSSc2ccccn2)c(N)cc1OCCCC(=O)Nc1cc(C(=O)Nc2cc(C(=O)Nc3cc(C(=O)NCCCN(C)C)n(C)c3)n(C)c2)n(C)c1. The normalized spacial score (nSPS) is 16.2. The first-order valence-corrected chi connectivity index (χ1v) is 26.8. The van der Waals surface area contributed by atoms with E-state index in [-0.39, 0.29) is 71.7 Å². The number of carbonyl (C=O) groups is 6. The van der Waals surface area contributed by atoms with Crippen LogP contribution in [-0.4, -0.2) is 154 Å². The molecule has 2 saturated heterocycles. The first-order chi connectivity index (χ1) is 36.0. The summed E-state index contributed by atoms with van der Waals surface area (Å²) in [6.07, 6.45) is 7.23. The molecule has 24 heteroatoms. The summed E-state index contributed by atoms with van der Waals surface area (Å²) in [4.78, 5) is 89.5. The number of likely N-dealkylation sites (tertiary alicyclic amines) is 1. The summed E-state index contributed by atoms with van der Waals surface area (Å²) in [6.45, 7) is 4.82. The second kappa shape index (κ2) is 25.9. The zero-order valence-corrected chi connectivity index (χ0v) is 44.9. The second-order valence-corrected chi connectivity index (χ2v) is 21.0. The predicted octanol–water partition coefficient (Wildman–Crippen LogP) is 5.76. The van der Waals surface area contributed by atoms with Gasteiger partial charge in [-0.1, -0.05) is 23.8 Å². The molecule has 4 aromatic heterocycles. The minimum Gasteiger partial charge on any atom is -0.493 e. The number of nitrogens with one attached hydrogen (secondary N) is 4. The highest BCUT2D eigenvalue weighted by Gasteiger charge is 2.46. The van der Waals surface area contributed by atoms with Crippen LogP contribution in [0.5, 0.6) is 11.5 Å². The smallest absolute Gasteiger partial charge is 0.412 e. The maximum Gasteiger partial charge on any atom is 0.412 e. The average Bonchev–Trinajstić information content (AvgIpc) is 4.23. The van der Waals surface area contributed by atoms with Crippen molar-refractivity contribution in [2.24, 2.45) is 27.1 Å². The molecule has 2 aliphatic rings. The molecular formula is C51H66N12O10S2. The van der Waals surface area contributed by atoms with Gasteiger partial charge < -0.3 is 69.4 Å². The Labute approximate surface area is 443 Å². The van der Waals surface area contributed by atoms with Gasteiger partial charge in [0, 0.05) is 82.9 Å². The zero-order chi connectivity index (χ0) is 53.8. The van der Waals surface area contributed by atoms with E-state index < -0.39 is 30.2 Å². The highest BCUT2D eigenvalue weighted by Crippen LogP contribution is 2.37. The van der Waals surface area contributed by atoms with Gasteiger partial charge in [0.05, 0.1) is 55.5 Å². The molecule has 6 amide bonds. The van der Waals surface area contributed by atoms with Gasteiger partial charge >= 0.3 is 6.09 Å².